The minimum atomic E-state index is 0.0667. The summed E-state index contributed by atoms with van der Waals surface area (Å²) in [6, 6.07) is 7.06. The molecule has 1 unspecified atom stereocenters. The highest BCUT2D eigenvalue weighted by Crippen LogP contribution is 2.14. The normalized spacial score (nSPS) is 10.2. The van der Waals surface area contributed by atoms with Crippen molar-refractivity contribution in [2.45, 2.75) is 47.1 Å². The molecule has 0 spiro atoms. The molecule has 0 aromatic heterocycles. The Morgan fingerprint density at radius 2 is 1.63 bits per heavy atom. The first-order chi connectivity index (χ1) is 9.30. The highest BCUT2D eigenvalue weighted by Gasteiger charge is 2.06. The van der Waals surface area contributed by atoms with Crippen molar-refractivity contribution in [1.29, 1.82) is 0 Å². The van der Waals surface area contributed by atoms with Gasteiger partial charge in [-0.2, -0.15) is 0 Å². The van der Waals surface area contributed by atoms with Gasteiger partial charge in [0.05, 0.1) is 6.61 Å². The van der Waals surface area contributed by atoms with Crippen LogP contribution in [0.25, 0.3) is 0 Å². The number of rotatable bonds is 6. The SMILES string of the molecule is CC.CC.CCC(COC)Oc1ccc(C=O)cc1. The maximum Gasteiger partial charge on any atom is 0.150 e. The highest BCUT2D eigenvalue weighted by atomic mass is 16.5. The number of methoxy groups -OCH3 is 1. The van der Waals surface area contributed by atoms with E-state index in [9.17, 15) is 4.79 Å². The van der Waals surface area contributed by atoms with Crippen LogP contribution in [0.4, 0.5) is 0 Å². The largest absolute Gasteiger partial charge is 0.488 e. The van der Waals surface area contributed by atoms with Gasteiger partial charge >= 0.3 is 0 Å². The Morgan fingerprint density at radius 1 is 1.11 bits per heavy atom. The average Bonchev–Trinajstić information content (AvgIpc) is 2.51. The minimum absolute atomic E-state index is 0.0667. The van der Waals surface area contributed by atoms with Crippen LogP contribution in [0, 0.1) is 0 Å². The zero-order chi connectivity index (χ0) is 15.1. The van der Waals surface area contributed by atoms with E-state index in [-0.39, 0.29) is 6.10 Å². The molecule has 0 radical (unpaired) electrons. The molecule has 0 N–H and O–H groups in total. The van der Waals surface area contributed by atoms with Crippen LogP contribution < -0.4 is 4.74 Å². The molecule has 0 saturated carbocycles. The fourth-order valence-electron chi connectivity index (χ4n) is 1.24. The van der Waals surface area contributed by atoms with Gasteiger partial charge in [0, 0.05) is 12.7 Å². The predicted octanol–water partition coefficient (Wildman–Crippen LogP) is 4.36. The van der Waals surface area contributed by atoms with E-state index in [1.54, 1.807) is 31.4 Å². The van der Waals surface area contributed by atoms with Gasteiger partial charge in [-0.15, -0.1) is 0 Å². The van der Waals surface area contributed by atoms with E-state index in [1.807, 2.05) is 34.6 Å². The number of carbonyl (C=O) groups excluding carboxylic acids is 1. The molecule has 0 aliphatic rings. The summed E-state index contributed by atoms with van der Waals surface area (Å²) in [4.78, 5) is 10.4. The van der Waals surface area contributed by atoms with Crippen LogP contribution in [-0.4, -0.2) is 26.1 Å². The first-order valence-corrected chi connectivity index (χ1v) is 7.01. The van der Waals surface area contributed by atoms with Gasteiger partial charge in [-0.1, -0.05) is 34.6 Å². The smallest absolute Gasteiger partial charge is 0.150 e. The van der Waals surface area contributed by atoms with Crippen molar-refractivity contribution in [3.63, 3.8) is 0 Å². The molecule has 110 valence electrons. The first kappa shape index (κ1) is 20.0. The molecule has 1 aromatic carbocycles. The molecule has 0 bridgehead atoms. The monoisotopic (exact) mass is 268 g/mol. The molecule has 0 saturated heterocycles. The van der Waals surface area contributed by atoms with Gasteiger partial charge < -0.3 is 9.47 Å². The van der Waals surface area contributed by atoms with Crippen molar-refractivity contribution in [1.82, 2.24) is 0 Å². The number of aldehydes is 1. The van der Waals surface area contributed by atoms with E-state index in [0.29, 0.717) is 12.2 Å². The van der Waals surface area contributed by atoms with E-state index >= 15 is 0 Å². The number of hydrogen-bond donors (Lipinski definition) is 0. The van der Waals surface area contributed by atoms with Gasteiger partial charge in [-0.05, 0) is 30.7 Å². The van der Waals surface area contributed by atoms with Crippen molar-refractivity contribution >= 4 is 6.29 Å². The lowest BCUT2D eigenvalue weighted by Crippen LogP contribution is -2.21. The van der Waals surface area contributed by atoms with Gasteiger partial charge in [0.25, 0.3) is 0 Å². The zero-order valence-electron chi connectivity index (χ0n) is 13.1. The summed E-state index contributed by atoms with van der Waals surface area (Å²) in [6.07, 6.45) is 1.77. The number of benzene rings is 1. The topological polar surface area (TPSA) is 35.5 Å². The fraction of sp³-hybridized carbons (Fsp3) is 0.562. The third-order valence-electron chi connectivity index (χ3n) is 2.13. The van der Waals surface area contributed by atoms with E-state index in [2.05, 4.69) is 0 Å². The summed E-state index contributed by atoms with van der Waals surface area (Å²) in [5, 5.41) is 0. The van der Waals surface area contributed by atoms with Crippen molar-refractivity contribution in [3.8, 4) is 5.75 Å². The van der Waals surface area contributed by atoms with Gasteiger partial charge in [0.1, 0.15) is 18.1 Å². The van der Waals surface area contributed by atoms with E-state index in [4.69, 9.17) is 9.47 Å². The summed E-state index contributed by atoms with van der Waals surface area (Å²) in [5.74, 6) is 0.768. The van der Waals surface area contributed by atoms with E-state index < -0.39 is 0 Å². The van der Waals surface area contributed by atoms with E-state index in [1.165, 1.54) is 0 Å². The predicted molar refractivity (Wildman–Crippen MR) is 81.1 cm³/mol. The highest BCUT2D eigenvalue weighted by molar-refractivity contribution is 5.74. The summed E-state index contributed by atoms with van der Waals surface area (Å²) < 4.78 is 10.7. The molecule has 3 nitrogen and oxygen atoms in total. The Balaban J connectivity index is 0. The summed E-state index contributed by atoms with van der Waals surface area (Å²) in [5.41, 5.74) is 0.655. The molecule has 0 aliphatic carbocycles. The minimum Gasteiger partial charge on any atom is -0.488 e. The second-order valence-electron chi connectivity index (χ2n) is 3.29. The maximum atomic E-state index is 10.4. The van der Waals surface area contributed by atoms with Crippen molar-refractivity contribution in [3.05, 3.63) is 29.8 Å². The molecule has 0 heterocycles. The standard InChI is InChI=1S/C12H16O3.2C2H6/c1-3-11(9-14-2)15-12-6-4-10(8-13)5-7-12;2*1-2/h4-8,11H,3,9H2,1-2H3;2*1-2H3. The molecule has 0 fully saturated rings. The lowest BCUT2D eigenvalue weighted by Gasteiger charge is -2.16. The van der Waals surface area contributed by atoms with Crippen molar-refractivity contribution in [2.75, 3.05) is 13.7 Å². The van der Waals surface area contributed by atoms with Gasteiger partial charge in [0.15, 0.2) is 0 Å². The number of ether oxygens (including phenoxy) is 2. The summed E-state index contributed by atoms with van der Waals surface area (Å²) in [7, 11) is 1.65. The quantitative estimate of drug-likeness (QED) is 0.719. The van der Waals surface area contributed by atoms with Gasteiger partial charge in [-0.3, -0.25) is 4.79 Å². The van der Waals surface area contributed by atoms with Crippen LogP contribution in [0.15, 0.2) is 24.3 Å². The van der Waals surface area contributed by atoms with Crippen molar-refractivity contribution in [2.24, 2.45) is 0 Å². The molecule has 19 heavy (non-hydrogen) atoms. The van der Waals surface area contributed by atoms with Crippen LogP contribution in [0.3, 0.4) is 0 Å². The van der Waals surface area contributed by atoms with Crippen LogP contribution in [0.1, 0.15) is 51.4 Å². The number of hydrogen-bond acceptors (Lipinski definition) is 3. The Labute approximate surface area is 117 Å². The van der Waals surface area contributed by atoms with Gasteiger partial charge in [-0.25, -0.2) is 0 Å². The zero-order valence-corrected chi connectivity index (χ0v) is 13.1. The Kier molecular flexibility index (Phi) is 15.5. The Hall–Kier alpha value is -1.35. The third kappa shape index (κ3) is 9.25. The average molecular weight is 268 g/mol. The van der Waals surface area contributed by atoms with Crippen LogP contribution in [0.2, 0.25) is 0 Å². The second-order valence-corrected chi connectivity index (χ2v) is 3.29. The molecule has 1 atom stereocenters. The molecule has 0 aliphatic heterocycles. The van der Waals surface area contributed by atoms with Crippen LogP contribution >= 0.6 is 0 Å². The molecule has 1 rings (SSSR count). The Bertz CT molecular complexity index is 293. The fourth-order valence-corrected chi connectivity index (χ4v) is 1.24. The molecule has 0 amide bonds. The summed E-state index contributed by atoms with van der Waals surface area (Å²) in [6.45, 7) is 10.6. The first-order valence-electron chi connectivity index (χ1n) is 7.01. The lowest BCUT2D eigenvalue weighted by molar-refractivity contribution is 0.0788. The van der Waals surface area contributed by atoms with Gasteiger partial charge in [0.2, 0.25) is 0 Å². The lowest BCUT2D eigenvalue weighted by atomic mass is 10.2. The molecular formula is C16H28O3. The summed E-state index contributed by atoms with van der Waals surface area (Å²) >= 11 is 0. The maximum absolute atomic E-state index is 10.4. The molecule has 1 aromatic rings. The third-order valence-corrected chi connectivity index (χ3v) is 2.13. The van der Waals surface area contributed by atoms with Crippen LogP contribution in [0.5, 0.6) is 5.75 Å². The van der Waals surface area contributed by atoms with Crippen molar-refractivity contribution < 1.29 is 14.3 Å². The van der Waals surface area contributed by atoms with Crippen LogP contribution in [-0.2, 0) is 4.74 Å². The molecule has 3 heteroatoms. The second kappa shape index (κ2) is 14.7. The van der Waals surface area contributed by atoms with E-state index in [0.717, 1.165) is 18.5 Å². The molecular weight excluding hydrogens is 240 g/mol. The number of carbonyl (C=O) groups is 1. The Morgan fingerprint density at radius 3 is 2.00 bits per heavy atom.